The SMILES string of the molecule is COC(=O)C1(Nc2ccc(F)cc2)CN2CCC1CC2. The van der Waals surface area contributed by atoms with E-state index in [1.807, 2.05) is 0 Å². The van der Waals surface area contributed by atoms with Crippen LogP contribution in [0.25, 0.3) is 0 Å². The monoisotopic (exact) mass is 278 g/mol. The van der Waals surface area contributed by atoms with Crippen molar-refractivity contribution in [1.29, 1.82) is 0 Å². The largest absolute Gasteiger partial charge is 0.467 e. The van der Waals surface area contributed by atoms with Crippen LogP contribution >= 0.6 is 0 Å². The molecular weight excluding hydrogens is 259 g/mol. The normalized spacial score (nSPS) is 31.9. The van der Waals surface area contributed by atoms with Crippen LogP contribution in [0.1, 0.15) is 12.8 Å². The highest BCUT2D eigenvalue weighted by molar-refractivity contribution is 5.85. The first-order chi connectivity index (χ1) is 9.64. The zero-order valence-corrected chi connectivity index (χ0v) is 11.6. The zero-order chi connectivity index (χ0) is 14.2. The highest BCUT2D eigenvalue weighted by Crippen LogP contribution is 2.38. The number of nitrogens with zero attached hydrogens (tertiary/aromatic N) is 1. The number of hydrogen-bond donors (Lipinski definition) is 1. The number of ether oxygens (including phenoxy) is 1. The summed E-state index contributed by atoms with van der Waals surface area (Å²) in [6, 6.07) is 6.12. The summed E-state index contributed by atoms with van der Waals surface area (Å²) < 4.78 is 18.0. The molecule has 0 saturated carbocycles. The van der Waals surface area contributed by atoms with Crippen LogP contribution in [0.2, 0.25) is 0 Å². The van der Waals surface area contributed by atoms with Gasteiger partial charge in [0.2, 0.25) is 0 Å². The van der Waals surface area contributed by atoms with Crippen LogP contribution in [0.3, 0.4) is 0 Å². The van der Waals surface area contributed by atoms with Crippen molar-refractivity contribution in [2.24, 2.45) is 5.92 Å². The minimum Gasteiger partial charge on any atom is -0.467 e. The van der Waals surface area contributed by atoms with Gasteiger partial charge in [-0.05, 0) is 56.1 Å². The molecule has 1 aromatic rings. The van der Waals surface area contributed by atoms with Gasteiger partial charge in [0.1, 0.15) is 5.82 Å². The number of hydrogen-bond acceptors (Lipinski definition) is 4. The summed E-state index contributed by atoms with van der Waals surface area (Å²) in [5, 5.41) is 3.32. The number of piperidine rings is 3. The maximum absolute atomic E-state index is 13.0. The second-order valence-electron chi connectivity index (χ2n) is 5.65. The van der Waals surface area contributed by atoms with Gasteiger partial charge in [0.15, 0.2) is 5.54 Å². The Kier molecular flexibility index (Phi) is 3.38. The lowest BCUT2D eigenvalue weighted by atomic mass is 9.72. The number of fused-ring (bicyclic) bond motifs is 3. The molecule has 3 aliphatic rings. The predicted molar refractivity (Wildman–Crippen MR) is 73.9 cm³/mol. The number of esters is 1. The fraction of sp³-hybridized carbons (Fsp3) is 0.533. The number of nitrogens with one attached hydrogen (secondary N) is 1. The number of rotatable bonds is 3. The molecule has 0 amide bonds. The second kappa shape index (κ2) is 5.05. The number of carbonyl (C=O) groups excluding carboxylic acids is 1. The van der Waals surface area contributed by atoms with Gasteiger partial charge in [-0.25, -0.2) is 9.18 Å². The lowest BCUT2D eigenvalue weighted by molar-refractivity contribution is -0.153. The van der Waals surface area contributed by atoms with Crippen molar-refractivity contribution >= 4 is 11.7 Å². The molecule has 0 aliphatic carbocycles. The number of anilines is 1. The predicted octanol–water partition coefficient (Wildman–Crippen LogP) is 1.87. The second-order valence-corrected chi connectivity index (χ2v) is 5.65. The van der Waals surface area contributed by atoms with E-state index in [1.165, 1.54) is 19.2 Å². The maximum atomic E-state index is 13.0. The topological polar surface area (TPSA) is 41.6 Å². The molecule has 20 heavy (non-hydrogen) atoms. The molecule has 108 valence electrons. The molecule has 0 aromatic heterocycles. The van der Waals surface area contributed by atoms with Gasteiger partial charge in [-0.3, -0.25) is 0 Å². The summed E-state index contributed by atoms with van der Waals surface area (Å²) in [6.45, 7) is 2.73. The third-order valence-electron chi connectivity index (χ3n) is 4.52. The molecule has 3 fully saturated rings. The van der Waals surface area contributed by atoms with Crippen molar-refractivity contribution < 1.29 is 13.9 Å². The molecule has 3 saturated heterocycles. The summed E-state index contributed by atoms with van der Waals surface area (Å²) in [5.74, 6) is -0.238. The molecule has 1 unspecified atom stereocenters. The van der Waals surface area contributed by atoms with Crippen molar-refractivity contribution in [3.63, 3.8) is 0 Å². The molecule has 3 aliphatic heterocycles. The van der Waals surface area contributed by atoms with Gasteiger partial charge in [-0.15, -0.1) is 0 Å². The molecule has 4 rings (SSSR count). The van der Waals surface area contributed by atoms with Crippen LogP contribution in [0.4, 0.5) is 10.1 Å². The maximum Gasteiger partial charge on any atom is 0.333 e. The Morgan fingerprint density at radius 2 is 2.00 bits per heavy atom. The summed E-state index contributed by atoms with van der Waals surface area (Å²) in [6.07, 6.45) is 1.98. The molecule has 2 bridgehead atoms. The van der Waals surface area contributed by atoms with E-state index in [1.54, 1.807) is 12.1 Å². The number of carbonyl (C=O) groups is 1. The molecular formula is C15H19FN2O2. The lowest BCUT2D eigenvalue weighted by Crippen LogP contribution is -2.67. The molecule has 1 atom stereocenters. The van der Waals surface area contributed by atoms with Gasteiger partial charge < -0.3 is 15.0 Å². The Morgan fingerprint density at radius 1 is 1.35 bits per heavy atom. The van der Waals surface area contributed by atoms with Crippen molar-refractivity contribution in [3.8, 4) is 0 Å². The summed E-state index contributed by atoms with van der Waals surface area (Å²) in [7, 11) is 1.42. The first kappa shape index (κ1) is 13.4. The fourth-order valence-corrected chi connectivity index (χ4v) is 3.46. The molecule has 0 spiro atoms. The smallest absolute Gasteiger partial charge is 0.333 e. The first-order valence-corrected chi connectivity index (χ1v) is 6.98. The summed E-state index contributed by atoms with van der Waals surface area (Å²) >= 11 is 0. The Labute approximate surface area is 117 Å². The minimum atomic E-state index is -0.705. The van der Waals surface area contributed by atoms with Crippen LogP contribution in [0.5, 0.6) is 0 Å². The average molecular weight is 278 g/mol. The first-order valence-electron chi connectivity index (χ1n) is 6.98. The summed E-state index contributed by atoms with van der Waals surface area (Å²) in [4.78, 5) is 14.6. The third kappa shape index (κ3) is 2.16. The van der Waals surface area contributed by atoms with Gasteiger partial charge in [0.25, 0.3) is 0 Å². The molecule has 1 aromatic carbocycles. The van der Waals surface area contributed by atoms with Crippen LogP contribution in [-0.4, -0.2) is 43.2 Å². The molecule has 3 heterocycles. The van der Waals surface area contributed by atoms with Crippen LogP contribution in [0.15, 0.2) is 24.3 Å². The van der Waals surface area contributed by atoms with Crippen molar-refractivity contribution in [2.45, 2.75) is 18.4 Å². The minimum absolute atomic E-state index is 0.226. The van der Waals surface area contributed by atoms with E-state index in [-0.39, 0.29) is 17.7 Å². The standard InChI is InChI=1S/C15H19FN2O2/c1-20-14(19)15(10-18-8-6-11(15)7-9-18)17-13-4-2-12(16)3-5-13/h2-5,11,17H,6-10H2,1H3. The molecule has 4 nitrogen and oxygen atoms in total. The van der Waals surface area contributed by atoms with Crippen LogP contribution in [-0.2, 0) is 9.53 Å². The van der Waals surface area contributed by atoms with E-state index in [2.05, 4.69) is 10.2 Å². The Bertz CT molecular complexity index is 497. The van der Waals surface area contributed by atoms with E-state index in [0.717, 1.165) is 31.6 Å². The van der Waals surface area contributed by atoms with Gasteiger partial charge in [0, 0.05) is 12.2 Å². The number of benzene rings is 1. The highest BCUT2D eigenvalue weighted by atomic mass is 19.1. The van der Waals surface area contributed by atoms with Crippen molar-refractivity contribution in [3.05, 3.63) is 30.1 Å². The van der Waals surface area contributed by atoms with Gasteiger partial charge >= 0.3 is 5.97 Å². The van der Waals surface area contributed by atoms with Gasteiger partial charge in [-0.2, -0.15) is 0 Å². The van der Waals surface area contributed by atoms with Crippen molar-refractivity contribution in [1.82, 2.24) is 4.90 Å². The Morgan fingerprint density at radius 3 is 2.50 bits per heavy atom. The molecule has 0 radical (unpaired) electrons. The number of halogens is 1. The summed E-state index contributed by atoms with van der Waals surface area (Å²) in [5.41, 5.74) is 0.0499. The van der Waals surface area contributed by atoms with E-state index in [0.29, 0.717) is 6.54 Å². The van der Waals surface area contributed by atoms with Gasteiger partial charge in [0.05, 0.1) is 7.11 Å². The third-order valence-corrected chi connectivity index (χ3v) is 4.52. The lowest BCUT2D eigenvalue weighted by Gasteiger charge is -2.51. The Balaban J connectivity index is 1.90. The highest BCUT2D eigenvalue weighted by Gasteiger charge is 2.53. The van der Waals surface area contributed by atoms with Crippen molar-refractivity contribution in [2.75, 3.05) is 32.1 Å². The Hall–Kier alpha value is -1.62. The van der Waals surface area contributed by atoms with E-state index in [9.17, 15) is 9.18 Å². The average Bonchev–Trinajstić information content (AvgIpc) is 2.50. The number of methoxy groups -OCH3 is 1. The van der Waals surface area contributed by atoms with Gasteiger partial charge in [-0.1, -0.05) is 0 Å². The van der Waals surface area contributed by atoms with E-state index < -0.39 is 5.54 Å². The molecule has 1 N–H and O–H groups in total. The molecule has 5 heteroatoms. The van der Waals surface area contributed by atoms with E-state index in [4.69, 9.17) is 4.74 Å². The fourth-order valence-electron chi connectivity index (χ4n) is 3.46. The van der Waals surface area contributed by atoms with E-state index >= 15 is 0 Å². The quantitative estimate of drug-likeness (QED) is 0.857. The zero-order valence-electron chi connectivity index (χ0n) is 11.6. The van der Waals surface area contributed by atoms with Crippen LogP contribution in [0, 0.1) is 11.7 Å². The van der Waals surface area contributed by atoms with Crippen LogP contribution < -0.4 is 5.32 Å².